The van der Waals surface area contributed by atoms with Crippen LogP contribution in [0.15, 0.2) is 0 Å². The third-order valence-electron chi connectivity index (χ3n) is 3.84. The van der Waals surface area contributed by atoms with E-state index in [1.165, 1.54) is 10.6 Å². The van der Waals surface area contributed by atoms with Gasteiger partial charge in [0, 0.05) is 24.5 Å². The number of likely N-dealkylation sites (N-methyl/N-ethyl adjacent to an activating group) is 1. The molecule has 0 aliphatic carbocycles. The standard InChI is InChI=1S/C16H29N3OS/c1-5-13-15(10-17-9-12(3)4)21-16(18-13)14-11-19(6-2)7-8-20-14/h12,14,17H,5-11H2,1-4H3. The molecule has 1 unspecified atom stereocenters. The zero-order valence-corrected chi connectivity index (χ0v) is 14.6. The largest absolute Gasteiger partial charge is 0.368 e. The van der Waals surface area contributed by atoms with Gasteiger partial charge in [-0.05, 0) is 25.4 Å². The third-order valence-corrected chi connectivity index (χ3v) is 5.03. The Labute approximate surface area is 132 Å². The maximum atomic E-state index is 5.94. The summed E-state index contributed by atoms with van der Waals surface area (Å²) in [5.74, 6) is 0.683. The van der Waals surface area contributed by atoms with Gasteiger partial charge in [-0.15, -0.1) is 11.3 Å². The van der Waals surface area contributed by atoms with Crippen molar-refractivity contribution in [1.82, 2.24) is 15.2 Å². The molecule has 0 spiro atoms. The van der Waals surface area contributed by atoms with Gasteiger partial charge in [-0.3, -0.25) is 4.90 Å². The zero-order chi connectivity index (χ0) is 15.2. The van der Waals surface area contributed by atoms with Crippen LogP contribution in [0.1, 0.15) is 49.4 Å². The Morgan fingerprint density at radius 3 is 2.90 bits per heavy atom. The predicted octanol–water partition coefficient (Wildman–Crippen LogP) is 2.84. The first kappa shape index (κ1) is 16.9. The molecule has 1 aliphatic rings. The first-order valence-electron chi connectivity index (χ1n) is 8.17. The van der Waals surface area contributed by atoms with E-state index < -0.39 is 0 Å². The number of morpholine rings is 1. The number of aryl methyl sites for hydroxylation is 1. The van der Waals surface area contributed by atoms with Crippen LogP contribution in [0.2, 0.25) is 0 Å². The summed E-state index contributed by atoms with van der Waals surface area (Å²) in [6, 6.07) is 0. The molecule has 1 saturated heterocycles. The van der Waals surface area contributed by atoms with Crippen LogP contribution >= 0.6 is 11.3 Å². The van der Waals surface area contributed by atoms with Crippen molar-refractivity contribution in [3.8, 4) is 0 Å². The normalized spacial score (nSPS) is 20.3. The fraction of sp³-hybridized carbons (Fsp3) is 0.812. The Bertz CT molecular complexity index is 433. The highest BCUT2D eigenvalue weighted by atomic mass is 32.1. The van der Waals surface area contributed by atoms with Gasteiger partial charge in [0.2, 0.25) is 0 Å². The molecule has 2 heterocycles. The van der Waals surface area contributed by atoms with E-state index in [2.05, 4.69) is 37.9 Å². The van der Waals surface area contributed by atoms with Gasteiger partial charge < -0.3 is 10.1 Å². The average Bonchev–Trinajstić information content (AvgIpc) is 2.90. The molecule has 1 atom stereocenters. The molecule has 0 radical (unpaired) electrons. The van der Waals surface area contributed by atoms with Crippen molar-refractivity contribution in [3.63, 3.8) is 0 Å². The van der Waals surface area contributed by atoms with Crippen molar-refractivity contribution in [2.24, 2.45) is 5.92 Å². The van der Waals surface area contributed by atoms with Crippen LogP contribution in [0.3, 0.4) is 0 Å². The molecule has 1 aromatic heterocycles. The molecular weight excluding hydrogens is 282 g/mol. The summed E-state index contributed by atoms with van der Waals surface area (Å²) >= 11 is 1.83. The number of hydrogen-bond donors (Lipinski definition) is 1. The molecule has 0 bridgehead atoms. The van der Waals surface area contributed by atoms with Gasteiger partial charge in [0.15, 0.2) is 0 Å². The van der Waals surface area contributed by atoms with Crippen LogP contribution < -0.4 is 5.32 Å². The molecule has 1 aromatic rings. The van der Waals surface area contributed by atoms with Crippen LogP contribution in [0.5, 0.6) is 0 Å². The highest BCUT2D eigenvalue weighted by Gasteiger charge is 2.24. The zero-order valence-electron chi connectivity index (χ0n) is 13.8. The summed E-state index contributed by atoms with van der Waals surface area (Å²) in [7, 11) is 0. The van der Waals surface area contributed by atoms with E-state index in [9.17, 15) is 0 Å². The lowest BCUT2D eigenvalue weighted by molar-refractivity contribution is -0.0283. The van der Waals surface area contributed by atoms with Crippen molar-refractivity contribution in [3.05, 3.63) is 15.6 Å². The molecule has 0 amide bonds. The highest BCUT2D eigenvalue weighted by Crippen LogP contribution is 2.29. The Balaban J connectivity index is 2.01. The summed E-state index contributed by atoms with van der Waals surface area (Å²) in [6.45, 7) is 14.8. The first-order chi connectivity index (χ1) is 10.1. The summed E-state index contributed by atoms with van der Waals surface area (Å²) in [6.07, 6.45) is 1.16. The van der Waals surface area contributed by atoms with Crippen LogP contribution in [-0.2, 0) is 17.7 Å². The minimum Gasteiger partial charge on any atom is -0.368 e. The topological polar surface area (TPSA) is 37.4 Å². The van der Waals surface area contributed by atoms with E-state index >= 15 is 0 Å². The number of nitrogens with one attached hydrogen (secondary N) is 1. The van der Waals surface area contributed by atoms with Crippen molar-refractivity contribution in [1.29, 1.82) is 0 Å². The SMILES string of the molecule is CCc1nc(C2CN(CC)CCO2)sc1CNCC(C)C. The van der Waals surface area contributed by atoms with Gasteiger partial charge in [0.05, 0.1) is 12.3 Å². The molecule has 0 saturated carbocycles. The van der Waals surface area contributed by atoms with Crippen molar-refractivity contribution < 1.29 is 4.74 Å². The van der Waals surface area contributed by atoms with E-state index in [1.807, 2.05) is 11.3 Å². The van der Waals surface area contributed by atoms with Crippen LogP contribution in [0, 0.1) is 5.92 Å². The quantitative estimate of drug-likeness (QED) is 0.840. The first-order valence-corrected chi connectivity index (χ1v) is 8.98. The lowest BCUT2D eigenvalue weighted by Crippen LogP contribution is -2.38. The van der Waals surface area contributed by atoms with Crippen molar-refractivity contribution in [2.45, 2.75) is 46.8 Å². The van der Waals surface area contributed by atoms with E-state index in [1.54, 1.807) is 0 Å². The Hall–Kier alpha value is -0.490. The van der Waals surface area contributed by atoms with Crippen molar-refractivity contribution >= 4 is 11.3 Å². The monoisotopic (exact) mass is 311 g/mol. The van der Waals surface area contributed by atoms with Crippen LogP contribution in [0.25, 0.3) is 0 Å². The maximum Gasteiger partial charge on any atom is 0.123 e. The summed E-state index contributed by atoms with van der Waals surface area (Å²) in [5.41, 5.74) is 1.24. The van der Waals surface area contributed by atoms with Gasteiger partial charge in [-0.1, -0.05) is 27.7 Å². The molecule has 1 aliphatic heterocycles. The van der Waals surface area contributed by atoms with Gasteiger partial charge >= 0.3 is 0 Å². The second-order valence-electron chi connectivity index (χ2n) is 6.05. The molecule has 1 N–H and O–H groups in total. The number of aromatic nitrogens is 1. The van der Waals surface area contributed by atoms with E-state index in [0.29, 0.717) is 5.92 Å². The Morgan fingerprint density at radius 2 is 2.24 bits per heavy atom. The second kappa shape index (κ2) is 8.22. The molecule has 5 heteroatoms. The minimum absolute atomic E-state index is 0.160. The van der Waals surface area contributed by atoms with Crippen LogP contribution in [-0.4, -0.2) is 42.7 Å². The average molecular weight is 311 g/mol. The van der Waals surface area contributed by atoms with Gasteiger partial charge in [0.25, 0.3) is 0 Å². The number of ether oxygens (including phenoxy) is 1. The molecular formula is C16H29N3OS. The molecule has 1 fully saturated rings. The lowest BCUT2D eigenvalue weighted by Gasteiger charge is -2.30. The molecule has 120 valence electrons. The van der Waals surface area contributed by atoms with Gasteiger partial charge in [0.1, 0.15) is 11.1 Å². The fourth-order valence-corrected chi connectivity index (χ4v) is 3.73. The predicted molar refractivity (Wildman–Crippen MR) is 88.8 cm³/mol. The maximum absolute atomic E-state index is 5.94. The number of hydrogen-bond acceptors (Lipinski definition) is 5. The number of nitrogens with zero attached hydrogens (tertiary/aromatic N) is 2. The summed E-state index contributed by atoms with van der Waals surface area (Å²) in [5, 5.41) is 4.69. The van der Waals surface area contributed by atoms with E-state index in [4.69, 9.17) is 9.72 Å². The molecule has 2 rings (SSSR count). The highest BCUT2D eigenvalue weighted by molar-refractivity contribution is 7.11. The summed E-state index contributed by atoms with van der Waals surface area (Å²) in [4.78, 5) is 8.67. The Morgan fingerprint density at radius 1 is 1.43 bits per heavy atom. The Kier molecular flexibility index (Phi) is 6.61. The second-order valence-corrected chi connectivity index (χ2v) is 7.17. The number of rotatable bonds is 7. The lowest BCUT2D eigenvalue weighted by atomic mass is 10.2. The summed E-state index contributed by atoms with van der Waals surface area (Å²) < 4.78 is 5.94. The van der Waals surface area contributed by atoms with Crippen molar-refractivity contribution in [2.75, 3.05) is 32.8 Å². The smallest absolute Gasteiger partial charge is 0.123 e. The molecule has 4 nitrogen and oxygen atoms in total. The minimum atomic E-state index is 0.160. The fourth-order valence-electron chi connectivity index (χ4n) is 2.57. The molecule has 21 heavy (non-hydrogen) atoms. The number of thiazole rings is 1. The van der Waals surface area contributed by atoms with E-state index in [-0.39, 0.29) is 6.10 Å². The van der Waals surface area contributed by atoms with Gasteiger partial charge in [-0.25, -0.2) is 4.98 Å². The third kappa shape index (κ3) is 4.74. The van der Waals surface area contributed by atoms with E-state index in [0.717, 1.165) is 50.8 Å². The van der Waals surface area contributed by atoms with Gasteiger partial charge in [-0.2, -0.15) is 0 Å². The van der Waals surface area contributed by atoms with Crippen LogP contribution in [0.4, 0.5) is 0 Å². The molecule has 0 aromatic carbocycles.